The van der Waals surface area contributed by atoms with E-state index in [-0.39, 0.29) is 0 Å². The Balaban J connectivity index is 2.04. The van der Waals surface area contributed by atoms with Gasteiger partial charge in [-0.1, -0.05) is 47.6 Å². The van der Waals surface area contributed by atoms with Crippen molar-refractivity contribution in [3.8, 4) is 0 Å². The zero-order valence-electron chi connectivity index (χ0n) is 14.0. The average molecular weight is 301 g/mol. The van der Waals surface area contributed by atoms with Crippen molar-refractivity contribution < 1.29 is 0 Å². The number of hydrogen-bond acceptors (Lipinski definition) is 3. The van der Waals surface area contributed by atoms with E-state index in [1.54, 1.807) is 0 Å². The van der Waals surface area contributed by atoms with Crippen LogP contribution in [0.1, 0.15) is 41.5 Å². The first-order chi connectivity index (χ1) is 9.68. The van der Waals surface area contributed by atoms with Crippen molar-refractivity contribution in [1.82, 2.24) is 9.88 Å². The molecule has 113 valence electrons. The van der Waals surface area contributed by atoms with E-state index in [1.165, 1.54) is 0 Å². The maximum atomic E-state index is 4.37. The molecular weight excluding hydrogens is 274 g/mol. The monoisotopic (exact) mass is 300 g/mol. The van der Waals surface area contributed by atoms with Gasteiger partial charge in [0.15, 0.2) is 0 Å². The van der Waals surface area contributed by atoms with Gasteiger partial charge in [-0.2, -0.15) is 0 Å². The minimum atomic E-state index is -0.598. The van der Waals surface area contributed by atoms with Gasteiger partial charge in [-0.05, 0) is 22.2 Å². The van der Waals surface area contributed by atoms with Gasteiger partial charge in [0.2, 0.25) is 6.67 Å². The van der Waals surface area contributed by atoms with Gasteiger partial charge >= 0.3 is 0 Å². The van der Waals surface area contributed by atoms with Gasteiger partial charge in [0.25, 0.3) is 0 Å². The largest absolute Gasteiger partial charge is 0.349 e. The first-order valence-electron chi connectivity index (χ1n) is 7.46. The van der Waals surface area contributed by atoms with Crippen LogP contribution in [0.15, 0.2) is 36.8 Å². The molecule has 0 saturated carbocycles. The number of nitrogens with zero attached hydrogens (tertiary/aromatic N) is 3. The molecule has 0 fully saturated rings. The fraction of sp³-hybridized carbons (Fsp3) is 0.529. The summed E-state index contributed by atoms with van der Waals surface area (Å²) in [7, 11) is -0.598. The molecule has 0 unspecified atom stereocenters. The Morgan fingerprint density at radius 2 is 1.71 bits per heavy atom. The lowest BCUT2D eigenvalue weighted by atomic mass is 10.2. The average Bonchev–Trinajstić information content (AvgIpc) is 2.83. The molecule has 0 amide bonds. The molecule has 2 rings (SSSR count). The van der Waals surface area contributed by atoms with Crippen LogP contribution >= 0.6 is 0 Å². The van der Waals surface area contributed by atoms with Crippen LogP contribution in [-0.4, -0.2) is 24.8 Å². The molecule has 1 aromatic rings. The Labute approximate surface area is 131 Å². The maximum Gasteiger partial charge on any atom is 0.213 e. The van der Waals surface area contributed by atoms with Gasteiger partial charge in [0.1, 0.15) is 5.82 Å². The van der Waals surface area contributed by atoms with Crippen LogP contribution < -0.4 is 4.90 Å². The second-order valence-corrected chi connectivity index (χ2v) is 11.8. The van der Waals surface area contributed by atoms with E-state index in [2.05, 4.69) is 64.3 Å². The zero-order valence-corrected chi connectivity index (χ0v) is 15.0. The first-order valence-corrected chi connectivity index (χ1v) is 9.17. The van der Waals surface area contributed by atoms with Gasteiger partial charge in [-0.3, -0.25) is 4.90 Å². The van der Waals surface area contributed by atoms with Crippen LogP contribution in [0.2, 0.25) is 10.1 Å². The predicted octanol–water partition coefficient (Wildman–Crippen LogP) is 4.31. The van der Waals surface area contributed by atoms with Crippen molar-refractivity contribution in [2.24, 2.45) is 0 Å². The molecule has 0 N–H and O–H groups in total. The summed E-state index contributed by atoms with van der Waals surface area (Å²) in [4.78, 5) is 8.52. The Bertz CT molecular complexity index is 471. The Morgan fingerprint density at radius 3 is 2.24 bits per heavy atom. The summed E-state index contributed by atoms with van der Waals surface area (Å²) in [5.74, 6) is 0.913. The van der Waals surface area contributed by atoms with Crippen LogP contribution in [-0.2, 0) is 0 Å². The minimum Gasteiger partial charge on any atom is -0.349 e. The lowest BCUT2D eigenvalue weighted by Gasteiger charge is -2.41. The quantitative estimate of drug-likeness (QED) is 0.776. The summed E-state index contributed by atoms with van der Waals surface area (Å²) in [6, 6.07) is 5.93. The van der Waals surface area contributed by atoms with Crippen LogP contribution in [0.4, 0.5) is 5.82 Å². The molecule has 1 aromatic heterocycles. The standard InChI is InChI=1S/C17H26N3Si/c1-16(2,3)21(17(4,5)6)14-19-11-12-20(13-19)15-9-7-8-10-18-15/h7-12H,14H2,1-6H3. The molecule has 0 aromatic carbocycles. The topological polar surface area (TPSA) is 19.4 Å². The van der Waals surface area contributed by atoms with E-state index in [4.69, 9.17) is 0 Å². The molecule has 2 heterocycles. The Hall–Kier alpha value is -1.29. The third-order valence-electron chi connectivity index (χ3n) is 3.67. The van der Waals surface area contributed by atoms with E-state index in [0.29, 0.717) is 10.1 Å². The fourth-order valence-electron chi connectivity index (χ4n) is 2.83. The summed E-state index contributed by atoms with van der Waals surface area (Å²) in [5.41, 5.74) is 0. The second kappa shape index (κ2) is 5.83. The molecule has 0 saturated heterocycles. The fourth-order valence-corrected chi connectivity index (χ4v) is 6.55. The molecular formula is C17H26N3Si. The SMILES string of the molecule is CC(C)(C)[Si](CN1[C]N(c2ccccn2)C=C1)C(C)(C)C. The smallest absolute Gasteiger partial charge is 0.213 e. The summed E-state index contributed by atoms with van der Waals surface area (Å²) < 4.78 is 0. The highest BCUT2D eigenvalue weighted by molar-refractivity contribution is 6.65. The van der Waals surface area contributed by atoms with Gasteiger partial charge < -0.3 is 4.90 Å². The Morgan fingerprint density at radius 1 is 1.05 bits per heavy atom. The molecule has 0 bridgehead atoms. The molecule has 0 spiro atoms. The van der Waals surface area contributed by atoms with Crippen LogP contribution in [0.25, 0.3) is 0 Å². The first kappa shape index (κ1) is 16.1. The normalized spacial score (nSPS) is 16.1. The summed E-state index contributed by atoms with van der Waals surface area (Å²) in [6.07, 6.45) is 7.02. The zero-order chi connectivity index (χ0) is 15.7. The lowest BCUT2D eigenvalue weighted by Crippen LogP contribution is -2.44. The van der Waals surface area contributed by atoms with Crippen molar-refractivity contribution in [3.05, 3.63) is 43.5 Å². The summed E-state index contributed by atoms with van der Waals surface area (Å²) in [6.45, 7) is 17.6. The molecule has 0 atom stereocenters. The number of anilines is 1. The molecule has 4 heteroatoms. The van der Waals surface area contributed by atoms with Gasteiger partial charge in [0.05, 0.1) is 8.80 Å². The number of rotatable bonds is 3. The molecule has 1 aliphatic rings. The number of pyridine rings is 1. The van der Waals surface area contributed by atoms with Crippen molar-refractivity contribution in [1.29, 1.82) is 0 Å². The molecule has 21 heavy (non-hydrogen) atoms. The maximum absolute atomic E-state index is 4.37. The van der Waals surface area contributed by atoms with E-state index in [0.717, 1.165) is 12.0 Å². The van der Waals surface area contributed by atoms with Crippen molar-refractivity contribution >= 4 is 14.6 Å². The highest BCUT2D eigenvalue weighted by Gasteiger charge is 2.38. The summed E-state index contributed by atoms with van der Waals surface area (Å²) in [5, 5.41) is 0.716. The third kappa shape index (κ3) is 4.10. The van der Waals surface area contributed by atoms with E-state index in [9.17, 15) is 0 Å². The molecule has 3 nitrogen and oxygen atoms in total. The van der Waals surface area contributed by atoms with Gasteiger partial charge in [-0.15, -0.1) is 0 Å². The highest BCUT2D eigenvalue weighted by atomic mass is 28.3. The van der Waals surface area contributed by atoms with Crippen molar-refractivity contribution in [3.63, 3.8) is 0 Å². The van der Waals surface area contributed by atoms with Crippen LogP contribution in [0, 0.1) is 6.67 Å². The van der Waals surface area contributed by atoms with Crippen molar-refractivity contribution in [2.75, 3.05) is 11.1 Å². The van der Waals surface area contributed by atoms with E-state index in [1.807, 2.05) is 35.5 Å². The third-order valence-corrected chi connectivity index (χ3v) is 7.95. The van der Waals surface area contributed by atoms with Crippen molar-refractivity contribution in [2.45, 2.75) is 51.6 Å². The van der Waals surface area contributed by atoms with E-state index >= 15 is 0 Å². The molecule has 3 radical (unpaired) electrons. The van der Waals surface area contributed by atoms with Crippen LogP contribution in [0.3, 0.4) is 0 Å². The number of aromatic nitrogens is 1. The minimum absolute atomic E-state index is 0.358. The predicted molar refractivity (Wildman–Crippen MR) is 91.0 cm³/mol. The van der Waals surface area contributed by atoms with Gasteiger partial charge in [-0.25, -0.2) is 4.98 Å². The number of hydrogen-bond donors (Lipinski definition) is 0. The second-order valence-electron chi connectivity index (χ2n) is 7.56. The molecule has 0 aliphatic carbocycles. The summed E-state index contributed by atoms with van der Waals surface area (Å²) >= 11 is 0. The highest BCUT2D eigenvalue weighted by Crippen LogP contribution is 2.42. The van der Waals surface area contributed by atoms with Crippen LogP contribution in [0.5, 0.6) is 0 Å². The Kier molecular flexibility index (Phi) is 4.47. The van der Waals surface area contributed by atoms with Gasteiger partial charge in [0, 0.05) is 24.8 Å². The van der Waals surface area contributed by atoms with E-state index < -0.39 is 8.80 Å². The lowest BCUT2D eigenvalue weighted by molar-refractivity contribution is 0.508. The molecule has 1 aliphatic heterocycles.